The standard InChI is InChI=1S/C28H36OS/c1-4-7-19(8-5-2)9-6-10-20-17-21-11-13-24-25(15-16-27(24)29)28(21)26-18-22(30-3)12-14-23(20)26/h11-14,18-20H,4-10,15-17H2,1-3H3. The summed E-state index contributed by atoms with van der Waals surface area (Å²) in [4.78, 5) is 13.7. The Morgan fingerprint density at radius 1 is 1.00 bits per heavy atom. The molecule has 30 heavy (non-hydrogen) atoms. The quantitative estimate of drug-likeness (QED) is 0.380. The fourth-order valence-corrected chi connectivity index (χ4v) is 6.31. The van der Waals surface area contributed by atoms with E-state index >= 15 is 0 Å². The van der Waals surface area contributed by atoms with Crippen LogP contribution in [0.5, 0.6) is 0 Å². The Kier molecular flexibility index (Phi) is 7.03. The van der Waals surface area contributed by atoms with E-state index in [0.717, 1.165) is 24.3 Å². The van der Waals surface area contributed by atoms with E-state index < -0.39 is 0 Å². The second-order valence-corrected chi connectivity index (χ2v) is 10.2. The van der Waals surface area contributed by atoms with Crippen molar-refractivity contribution in [3.05, 3.63) is 52.6 Å². The van der Waals surface area contributed by atoms with Gasteiger partial charge < -0.3 is 0 Å². The van der Waals surface area contributed by atoms with Crippen molar-refractivity contribution in [3.8, 4) is 11.1 Å². The summed E-state index contributed by atoms with van der Waals surface area (Å²) in [6.07, 6.45) is 14.3. The molecule has 0 saturated carbocycles. The second-order valence-electron chi connectivity index (χ2n) is 9.28. The van der Waals surface area contributed by atoms with Crippen LogP contribution in [0, 0.1) is 5.92 Å². The van der Waals surface area contributed by atoms with E-state index in [2.05, 4.69) is 50.4 Å². The number of ketones is 1. The molecule has 0 saturated heterocycles. The SMILES string of the molecule is CCCC(CCC)CCCC1Cc2ccc3c(c2-c2cc(SC)ccc21)CCC3=O. The van der Waals surface area contributed by atoms with Crippen LogP contribution in [0.4, 0.5) is 0 Å². The zero-order valence-corrected chi connectivity index (χ0v) is 19.7. The van der Waals surface area contributed by atoms with E-state index in [1.165, 1.54) is 77.7 Å². The highest BCUT2D eigenvalue weighted by atomic mass is 32.2. The van der Waals surface area contributed by atoms with E-state index in [4.69, 9.17) is 0 Å². The van der Waals surface area contributed by atoms with Crippen LogP contribution >= 0.6 is 11.8 Å². The average Bonchev–Trinajstić information content (AvgIpc) is 3.14. The molecule has 2 aromatic carbocycles. The predicted octanol–water partition coefficient (Wildman–Crippen LogP) is 8.23. The maximum absolute atomic E-state index is 12.4. The van der Waals surface area contributed by atoms with Gasteiger partial charge in [0.1, 0.15) is 0 Å². The first-order valence-corrected chi connectivity index (χ1v) is 13.2. The molecule has 2 heteroatoms. The fraction of sp³-hybridized carbons (Fsp3) is 0.536. The first-order valence-electron chi connectivity index (χ1n) is 12.0. The van der Waals surface area contributed by atoms with Crippen LogP contribution in [0.1, 0.15) is 98.2 Å². The number of thioether (sulfide) groups is 1. The van der Waals surface area contributed by atoms with Crippen LogP contribution in [0.2, 0.25) is 0 Å². The first kappa shape index (κ1) is 21.7. The highest BCUT2D eigenvalue weighted by molar-refractivity contribution is 7.98. The number of carbonyl (C=O) groups excluding carboxylic acids is 1. The molecule has 0 aliphatic heterocycles. The Labute approximate surface area is 187 Å². The Hall–Kier alpha value is -1.54. The summed E-state index contributed by atoms with van der Waals surface area (Å²) in [5, 5.41) is 0. The highest BCUT2D eigenvalue weighted by Gasteiger charge is 2.31. The van der Waals surface area contributed by atoms with Gasteiger partial charge in [-0.2, -0.15) is 0 Å². The van der Waals surface area contributed by atoms with Gasteiger partial charge in [-0.3, -0.25) is 4.79 Å². The number of benzene rings is 2. The topological polar surface area (TPSA) is 17.1 Å². The zero-order valence-electron chi connectivity index (χ0n) is 18.9. The molecule has 1 unspecified atom stereocenters. The summed E-state index contributed by atoms with van der Waals surface area (Å²) < 4.78 is 0. The minimum atomic E-state index is 0.329. The molecule has 4 rings (SSSR count). The number of fused-ring (bicyclic) bond motifs is 5. The number of hydrogen-bond donors (Lipinski definition) is 0. The molecule has 2 aromatic rings. The van der Waals surface area contributed by atoms with Crippen molar-refractivity contribution in [1.82, 2.24) is 0 Å². The lowest BCUT2D eigenvalue weighted by Gasteiger charge is -2.30. The molecule has 0 spiro atoms. The molecule has 0 bridgehead atoms. The van der Waals surface area contributed by atoms with Crippen LogP contribution in [-0.4, -0.2) is 12.0 Å². The van der Waals surface area contributed by atoms with Gasteiger partial charge in [0.25, 0.3) is 0 Å². The molecule has 2 aliphatic rings. The summed E-state index contributed by atoms with van der Waals surface area (Å²) in [5.74, 6) is 1.85. The summed E-state index contributed by atoms with van der Waals surface area (Å²) in [6, 6.07) is 11.5. The molecule has 0 radical (unpaired) electrons. The largest absolute Gasteiger partial charge is 0.294 e. The average molecular weight is 421 g/mol. The van der Waals surface area contributed by atoms with Crippen LogP contribution < -0.4 is 0 Å². The van der Waals surface area contributed by atoms with Gasteiger partial charge in [-0.25, -0.2) is 0 Å². The molecule has 0 aromatic heterocycles. The molecule has 160 valence electrons. The van der Waals surface area contributed by atoms with Gasteiger partial charge in [0, 0.05) is 16.9 Å². The maximum atomic E-state index is 12.4. The molecule has 0 fully saturated rings. The summed E-state index contributed by atoms with van der Waals surface area (Å²) in [6.45, 7) is 4.65. The molecule has 2 aliphatic carbocycles. The third kappa shape index (κ3) is 4.26. The number of carbonyl (C=O) groups is 1. The van der Waals surface area contributed by atoms with Crippen LogP contribution in [0.3, 0.4) is 0 Å². The maximum Gasteiger partial charge on any atom is 0.163 e. The van der Waals surface area contributed by atoms with Crippen molar-refractivity contribution in [2.45, 2.75) is 88.9 Å². The number of Topliss-reactive ketones (excluding diaryl/α,β-unsaturated/α-hetero) is 1. The van der Waals surface area contributed by atoms with Crippen molar-refractivity contribution in [1.29, 1.82) is 0 Å². The second kappa shape index (κ2) is 9.73. The lowest BCUT2D eigenvalue weighted by Crippen LogP contribution is -2.14. The molecular formula is C28H36OS. The third-order valence-corrected chi connectivity index (χ3v) is 8.02. The van der Waals surface area contributed by atoms with Crippen LogP contribution in [0.25, 0.3) is 11.1 Å². The van der Waals surface area contributed by atoms with E-state index in [9.17, 15) is 4.79 Å². The van der Waals surface area contributed by atoms with Crippen molar-refractivity contribution < 1.29 is 4.79 Å². The van der Waals surface area contributed by atoms with Crippen molar-refractivity contribution in [3.63, 3.8) is 0 Å². The summed E-state index contributed by atoms with van der Waals surface area (Å²) in [5.41, 5.74) is 8.11. The minimum absolute atomic E-state index is 0.329. The number of rotatable bonds is 9. The Morgan fingerprint density at radius 3 is 2.53 bits per heavy atom. The molecule has 0 amide bonds. The monoisotopic (exact) mass is 420 g/mol. The number of hydrogen-bond acceptors (Lipinski definition) is 2. The van der Waals surface area contributed by atoms with Gasteiger partial charge in [-0.15, -0.1) is 11.8 Å². The van der Waals surface area contributed by atoms with Crippen molar-refractivity contribution in [2.24, 2.45) is 5.92 Å². The highest BCUT2D eigenvalue weighted by Crippen LogP contribution is 2.47. The van der Waals surface area contributed by atoms with Crippen molar-refractivity contribution >= 4 is 17.5 Å². The zero-order chi connectivity index (χ0) is 21.1. The van der Waals surface area contributed by atoms with Gasteiger partial charge in [-0.05, 0) is 77.3 Å². The third-order valence-electron chi connectivity index (χ3n) is 7.30. The van der Waals surface area contributed by atoms with E-state index in [-0.39, 0.29) is 0 Å². The van der Waals surface area contributed by atoms with E-state index in [1.54, 1.807) is 0 Å². The smallest absolute Gasteiger partial charge is 0.163 e. The van der Waals surface area contributed by atoms with Gasteiger partial charge in [-0.1, -0.05) is 70.6 Å². The van der Waals surface area contributed by atoms with Gasteiger partial charge in [0.2, 0.25) is 0 Å². The Bertz CT molecular complexity index is 907. The minimum Gasteiger partial charge on any atom is -0.294 e. The summed E-state index contributed by atoms with van der Waals surface area (Å²) >= 11 is 1.82. The Balaban J connectivity index is 1.62. The fourth-order valence-electron chi connectivity index (χ4n) is 5.87. The predicted molar refractivity (Wildman–Crippen MR) is 130 cm³/mol. The lowest BCUT2D eigenvalue weighted by atomic mass is 9.74. The van der Waals surface area contributed by atoms with Crippen LogP contribution in [0.15, 0.2) is 35.2 Å². The Morgan fingerprint density at radius 2 is 1.80 bits per heavy atom. The van der Waals surface area contributed by atoms with Crippen molar-refractivity contribution in [2.75, 3.05) is 6.26 Å². The summed E-state index contributed by atoms with van der Waals surface area (Å²) in [7, 11) is 0. The van der Waals surface area contributed by atoms with E-state index in [0.29, 0.717) is 18.1 Å². The van der Waals surface area contributed by atoms with E-state index in [1.807, 2.05) is 11.8 Å². The first-order chi connectivity index (χ1) is 14.7. The normalized spacial score (nSPS) is 17.2. The van der Waals surface area contributed by atoms with Gasteiger partial charge >= 0.3 is 0 Å². The van der Waals surface area contributed by atoms with Gasteiger partial charge in [0.15, 0.2) is 5.78 Å². The molecular weight excluding hydrogens is 384 g/mol. The molecule has 0 N–H and O–H groups in total. The molecule has 1 nitrogen and oxygen atoms in total. The van der Waals surface area contributed by atoms with Gasteiger partial charge in [0.05, 0.1) is 0 Å². The molecule has 0 heterocycles. The molecule has 1 atom stereocenters. The lowest BCUT2D eigenvalue weighted by molar-refractivity contribution is 0.0994. The van der Waals surface area contributed by atoms with Crippen LogP contribution in [-0.2, 0) is 12.8 Å².